The van der Waals surface area contributed by atoms with Crippen molar-refractivity contribution in [2.75, 3.05) is 13.2 Å². The van der Waals surface area contributed by atoms with Crippen molar-refractivity contribution in [2.45, 2.75) is 104 Å². The summed E-state index contributed by atoms with van der Waals surface area (Å²) in [6.07, 6.45) is 1.91. The molecule has 0 spiro atoms. The molecule has 0 saturated heterocycles. The minimum absolute atomic E-state index is 0.172. The molecule has 37 heavy (non-hydrogen) atoms. The predicted molar refractivity (Wildman–Crippen MR) is 162 cm³/mol. The van der Waals surface area contributed by atoms with E-state index in [-0.39, 0.29) is 11.9 Å². The minimum atomic E-state index is -2.78. The second-order valence-corrected chi connectivity index (χ2v) is 31.0. The zero-order chi connectivity index (χ0) is 29.1. The van der Waals surface area contributed by atoms with E-state index in [0.717, 1.165) is 24.9 Å². The summed E-state index contributed by atoms with van der Waals surface area (Å²) in [4.78, 5) is 23.0. The number of hydrogen-bond acceptors (Lipinski definition) is 8. The van der Waals surface area contributed by atoms with Crippen LogP contribution in [-0.2, 0) is 35.5 Å². The number of esters is 2. The highest BCUT2D eigenvalue weighted by Crippen LogP contribution is 2.29. The standard InChI is InChI=1S/C24H52O8Si5/c1-14-23(25)27-18-16-20-33(5,6)29-35(9,10)31-37(13,15-2)32-36(11,12)30-34(7,8)21-17-19-28-24(26)22(3)4/h15H,2-3,14,16-21H2,1,4-13H3. The average molecular weight is 609 g/mol. The molecular formula is C24H52O8Si5. The van der Waals surface area contributed by atoms with Crippen LogP contribution in [0.1, 0.15) is 33.1 Å². The third kappa shape index (κ3) is 16.8. The summed E-state index contributed by atoms with van der Waals surface area (Å²) in [5, 5.41) is 0. The largest absolute Gasteiger partial charge is 0.466 e. The highest BCUT2D eigenvalue weighted by atomic mass is 28.5. The quantitative estimate of drug-likeness (QED) is 0.0709. The fourth-order valence-electron chi connectivity index (χ4n) is 4.13. The molecule has 0 saturated carbocycles. The smallest absolute Gasteiger partial charge is 0.343 e. The maximum absolute atomic E-state index is 11.6. The first-order chi connectivity index (χ1) is 16.7. The Balaban J connectivity index is 5.01. The van der Waals surface area contributed by atoms with Gasteiger partial charge in [-0.1, -0.05) is 19.2 Å². The van der Waals surface area contributed by atoms with E-state index >= 15 is 0 Å². The zero-order valence-corrected chi connectivity index (χ0v) is 30.2. The van der Waals surface area contributed by atoms with Crippen LogP contribution in [0.5, 0.6) is 0 Å². The van der Waals surface area contributed by atoms with Gasteiger partial charge in [0.05, 0.1) is 13.2 Å². The van der Waals surface area contributed by atoms with Gasteiger partial charge in [-0.15, -0.1) is 6.58 Å². The Morgan fingerprint density at radius 1 is 0.730 bits per heavy atom. The van der Waals surface area contributed by atoms with Crippen LogP contribution < -0.4 is 0 Å². The lowest BCUT2D eigenvalue weighted by Crippen LogP contribution is -2.59. The third-order valence-electron chi connectivity index (χ3n) is 5.29. The summed E-state index contributed by atoms with van der Waals surface area (Å²) in [5.41, 5.74) is 2.22. The molecule has 0 N–H and O–H groups in total. The lowest BCUT2D eigenvalue weighted by atomic mass is 10.4. The molecule has 0 aliphatic heterocycles. The van der Waals surface area contributed by atoms with E-state index in [1.165, 1.54) is 0 Å². The van der Waals surface area contributed by atoms with Crippen molar-refractivity contribution in [3.05, 3.63) is 24.4 Å². The third-order valence-corrected chi connectivity index (χ3v) is 24.7. The normalized spacial score (nSPS) is 14.6. The van der Waals surface area contributed by atoms with Gasteiger partial charge in [-0.2, -0.15) is 0 Å². The number of hydrogen-bond donors (Lipinski definition) is 0. The lowest BCUT2D eigenvalue weighted by Gasteiger charge is -2.42. The maximum atomic E-state index is 11.6. The van der Waals surface area contributed by atoms with E-state index in [4.69, 9.17) is 25.9 Å². The molecule has 13 heteroatoms. The molecule has 0 aliphatic rings. The van der Waals surface area contributed by atoms with Gasteiger partial charge in [0.15, 0.2) is 16.6 Å². The van der Waals surface area contributed by atoms with E-state index in [9.17, 15) is 9.59 Å². The van der Waals surface area contributed by atoms with Gasteiger partial charge in [0, 0.05) is 12.0 Å². The van der Waals surface area contributed by atoms with Gasteiger partial charge >= 0.3 is 37.6 Å². The number of carbonyl (C=O) groups is 2. The van der Waals surface area contributed by atoms with E-state index in [2.05, 4.69) is 52.4 Å². The van der Waals surface area contributed by atoms with Crippen LogP contribution in [0.25, 0.3) is 0 Å². The second-order valence-electron chi connectivity index (χ2n) is 11.6. The number of rotatable bonds is 19. The summed E-state index contributed by atoms with van der Waals surface area (Å²) in [7, 11) is -12.0. The molecule has 216 valence electrons. The molecule has 1 atom stereocenters. The second kappa shape index (κ2) is 15.2. The highest BCUT2D eigenvalue weighted by Gasteiger charge is 2.46. The summed E-state index contributed by atoms with van der Waals surface area (Å²) < 4.78 is 37.0. The Labute approximate surface area is 231 Å². The van der Waals surface area contributed by atoms with Crippen LogP contribution in [-0.4, -0.2) is 67.5 Å². The van der Waals surface area contributed by atoms with Gasteiger partial charge in [-0.3, -0.25) is 4.79 Å². The van der Waals surface area contributed by atoms with Gasteiger partial charge < -0.3 is 25.9 Å². The average Bonchev–Trinajstić information content (AvgIpc) is 2.71. The van der Waals surface area contributed by atoms with Crippen molar-refractivity contribution >= 4 is 54.3 Å². The molecule has 0 aliphatic carbocycles. The van der Waals surface area contributed by atoms with Crippen LogP contribution in [0.4, 0.5) is 0 Å². The molecule has 0 fully saturated rings. The number of ether oxygens (including phenoxy) is 2. The Morgan fingerprint density at radius 3 is 1.49 bits per heavy atom. The lowest BCUT2D eigenvalue weighted by molar-refractivity contribution is -0.143. The molecule has 0 radical (unpaired) electrons. The molecular weight excluding hydrogens is 557 g/mol. The van der Waals surface area contributed by atoms with Crippen LogP contribution in [0.15, 0.2) is 24.4 Å². The van der Waals surface area contributed by atoms with Crippen molar-refractivity contribution in [1.29, 1.82) is 0 Å². The van der Waals surface area contributed by atoms with Crippen molar-refractivity contribution in [2.24, 2.45) is 0 Å². The molecule has 8 nitrogen and oxygen atoms in total. The minimum Gasteiger partial charge on any atom is -0.466 e. The van der Waals surface area contributed by atoms with Gasteiger partial charge in [0.1, 0.15) is 0 Å². The Bertz CT molecular complexity index is 785. The molecule has 0 aromatic carbocycles. The monoisotopic (exact) mass is 608 g/mol. The van der Waals surface area contributed by atoms with Gasteiger partial charge in [0.2, 0.25) is 0 Å². The van der Waals surface area contributed by atoms with E-state index in [1.54, 1.807) is 13.8 Å². The molecule has 0 rings (SSSR count). The van der Waals surface area contributed by atoms with E-state index in [0.29, 0.717) is 25.2 Å². The summed E-state index contributed by atoms with van der Waals surface area (Å²) >= 11 is 0. The van der Waals surface area contributed by atoms with Crippen LogP contribution in [0.3, 0.4) is 0 Å². The fourth-order valence-corrected chi connectivity index (χ4v) is 27.7. The van der Waals surface area contributed by atoms with Crippen LogP contribution >= 0.6 is 0 Å². The number of carbonyl (C=O) groups excluding carboxylic acids is 2. The SMILES string of the molecule is C=C[Si](C)(O[Si](C)(C)O[Si](C)(C)CCCOC(=O)CC)O[Si](C)(C)O[Si](C)(C)CCCOC(=O)C(=C)C. The first-order valence-electron chi connectivity index (χ1n) is 13.1. The summed E-state index contributed by atoms with van der Waals surface area (Å²) in [6.45, 7) is 30.7. The van der Waals surface area contributed by atoms with Gasteiger partial charge in [-0.05, 0) is 90.8 Å². The summed E-state index contributed by atoms with van der Waals surface area (Å²) in [6, 6.07) is 1.72. The van der Waals surface area contributed by atoms with Crippen molar-refractivity contribution in [1.82, 2.24) is 0 Å². The highest BCUT2D eigenvalue weighted by molar-refractivity contribution is 6.92. The van der Waals surface area contributed by atoms with Crippen molar-refractivity contribution < 1.29 is 35.5 Å². The Morgan fingerprint density at radius 2 is 1.14 bits per heavy atom. The van der Waals surface area contributed by atoms with E-state index < -0.39 is 42.3 Å². The first-order valence-corrected chi connectivity index (χ1v) is 27.4. The Hall–Kier alpha value is -0.656. The molecule has 0 aromatic heterocycles. The Kier molecular flexibility index (Phi) is 14.9. The van der Waals surface area contributed by atoms with E-state index in [1.807, 2.05) is 25.3 Å². The topological polar surface area (TPSA) is 89.5 Å². The first kappa shape index (κ1) is 36.3. The fraction of sp³-hybridized carbons (Fsp3) is 0.750. The van der Waals surface area contributed by atoms with Crippen molar-refractivity contribution in [3.8, 4) is 0 Å². The maximum Gasteiger partial charge on any atom is 0.343 e. The summed E-state index contributed by atoms with van der Waals surface area (Å²) in [5.74, 6) is -0.529. The van der Waals surface area contributed by atoms with Gasteiger partial charge in [-0.25, -0.2) is 4.79 Å². The van der Waals surface area contributed by atoms with Crippen LogP contribution in [0, 0.1) is 0 Å². The molecule has 0 amide bonds. The molecule has 0 bridgehead atoms. The molecule has 0 heterocycles. The molecule has 1 unspecified atom stereocenters. The zero-order valence-electron chi connectivity index (χ0n) is 25.2. The predicted octanol–water partition coefficient (Wildman–Crippen LogP) is 6.52. The van der Waals surface area contributed by atoms with Gasteiger partial charge in [0.25, 0.3) is 0 Å². The molecule has 0 aromatic rings. The van der Waals surface area contributed by atoms with Crippen molar-refractivity contribution in [3.63, 3.8) is 0 Å². The van der Waals surface area contributed by atoms with Crippen LogP contribution in [0.2, 0.25) is 71.0 Å².